The zero-order valence-corrected chi connectivity index (χ0v) is 13.0. The molecule has 0 bridgehead atoms. The summed E-state index contributed by atoms with van der Waals surface area (Å²) < 4.78 is 8.71. The van der Waals surface area contributed by atoms with Crippen molar-refractivity contribution in [1.82, 2.24) is 9.76 Å². The normalized spacial score (nSPS) is 36.5. The largest absolute Gasteiger partial charge is 0.317 e. The second-order valence-corrected chi connectivity index (χ2v) is 8.95. The van der Waals surface area contributed by atoms with E-state index in [0.29, 0.717) is 0 Å². The highest BCUT2D eigenvalue weighted by Gasteiger charge is 2.41. The molecule has 2 fully saturated rings. The molecule has 3 nitrogen and oxygen atoms in total. The molecule has 0 aliphatic carbocycles. The van der Waals surface area contributed by atoms with Crippen LogP contribution in [-0.2, 0) is 16.3 Å². The van der Waals surface area contributed by atoms with Gasteiger partial charge >= 0.3 is 0 Å². The number of hydrogen-bond donors (Lipinski definition) is 1. The van der Waals surface area contributed by atoms with E-state index in [4.69, 9.17) is 16.3 Å². The van der Waals surface area contributed by atoms with E-state index in [0.717, 1.165) is 13.1 Å². The predicted octanol–water partition coefficient (Wildman–Crippen LogP) is 3.45. The van der Waals surface area contributed by atoms with Gasteiger partial charge in [-0.3, -0.25) is 0 Å². The van der Waals surface area contributed by atoms with Crippen molar-refractivity contribution in [3.63, 3.8) is 0 Å². The lowest BCUT2D eigenvalue weighted by Gasteiger charge is -2.33. The first-order valence-corrected chi connectivity index (χ1v) is 9.73. The standard InChI is InChI=1S/C14H21N2OPS/c1-12-14(13-8-4-2-5-9-13)17-18(19,15-12)16-10-6-3-7-11-16/h2,4-5,8-9,12,14H,3,6-7,10-11H2,1H3,(H,15,19)/t12-,14+,18-/m1/s1. The molecule has 2 aliphatic heterocycles. The smallest absolute Gasteiger partial charge is 0.201 e. The molecule has 3 rings (SSSR count). The predicted molar refractivity (Wildman–Crippen MR) is 82.6 cm³/mol. The van der Waals surface area contributed by atoms with Gasteiger partial charge in [-0.2, -0.15) is 0 Å². The van der Waals surface area contributed by atoms with Crippen LogP contribution in [-0.4, -0.2) is 23.8 Å². The van der Waals surface area contributed by atoms with Gasteiger partial charge in [-0.05, 0) is 37.1 Å². The molecular formula is C14H21N2OPS. The Hall–Kier alpha value is -0.250. The highest BCUT2D eigenvalue weighted by atomic mass is 32.5. The Bertz CT molecular complexity index is 476. The maximum absolute atomic E-state index is 6.33. The van der Waals surface area contributed by atoms with Crippen LogP contribution < -0.4 is 5.09 Å². The summed E-state index contributed by atoms with van der Waals surface area (Å²) >= 11 is 5.84. The van der Waals surface area contributed by atoms with Gasteiger partial charge in [0.05, 0.1) is 0 Å². The van der Waals surface area contributed by atoms with E-state index in [1.165, 1.54) is 24.8 Å². The Morgan fingerprint density at radius 1 is 1.21 bits per heavy atom. The van der Waals surface area contributed by atoms with Crippen LogP contribution >= 0.6 is 6.57 Å². The Labute approximate surface area is 120 Å². The summed E-state index contributed by atoms with van der Waals surface area (Å²) in [6.45, 7) is 2.33. The average Bonchev–Trinajstić information content (AvgIpc) is 2.77. The van der Waals surface area contributed by atoms with Gasteiger partial charge in [-0.1, -0.05) is 36.8 Å². The first-order valence-electron chi connectivity index (χ1n) is 7.06. The van der Waals surface area contributed by atoms with Gasteiger partial charge in [0.25, 0.3) is 0 Å². The zero-order chi connectivity index (χ0) is 13.3. The lowest BCUT2D eigenvalue weighted by molar-refractivity contribution is 0.215. The topological polar surface area (TPSA) is 24.5 Å². The molecule has 0 amide bonds. The summed E-state index contributed by atoms with van der Waals surface area (Å²) in [4.78, 5) is 0. The van der Waals surface area contributed by atoms with Crippen molar-refractivity contribution < 1.29 is 4.52 Å². The minimum Gasteiger partial charge on any atom is -0.317 e. The van der Waals surface area contributed by atoms with Crippen molar-refractivity contribution in [2.45, 2.75) is 38.3 Å². The molecule has 0 spiro atoms. The van der Waals surface area contributed by atoms with Crippen LogP contribution in [0.2, 0.25) is 0 Å². The van der Waals surface area contributed by atoms with E-state index < -0.39 is 6.57 Å². The first-order chi connectivity index (χ1) is 9.19. The van der Waals surface area contributed by atoms with Gasteiger partial charge in [0, 0.05) is 19.1 Å². The zero-order valence-electron chi connectivity index (χ0n) is 11.3. The molecular weight excluding hydrogens is 275 g/mol. The number of nitrogens with zero attached hydrogens (tertiary/aromatic N) is 1. The molecule has 0 unspecified atom stereocenters. The highest BCUT2D eigenvalue weighted by molar-refractivity contribution is 8.10. The van der Waals surface area contributed by atoms with Gasteiger partial charge in [0.1, 0.15) is 6.10 Å². The fraction of sp³-hybridized carbons (Fsp3) is 0.571. The molecule has 0 radical (unpaired) electrons. The number of nitrogens with one attached hydrogen (secondary N) is 1. The van der Waals surface area contributed by atoms with E-state index in [2.05, 4.69) is 40.9 Å². The van der Waals surface area contributed by atoms with Crippen molar-refractivity contribution >= 4 is 18.4 Å². The van der Waals surface area contributed by atoms with Gasteiger partial charge in [-0.15, -0.1) is 0 Å². The quantitative estimate of drug-likeness (QED) is 0.845. The molecule has 0 saturated carbocycles. The molecule has 2 heterocycles. The summed E-state index contributed by atoms with van der Waals surface area (Å²) in [7, 11) is 0. The molecule has 19 heavy (non-hydrogen) atoms. The van der Waals surface area contributed by atoms with E-state index in [1.54, 1.807) is 0 Å². The molecule has 3 atom stereocenters. The monoisotopic (exact) mass is 296 g/mol. The molecule has 2 saturated heterocycles. The van der Waals surface area contributed by atoms with Gasteiger partial charge in [0.2, 0.25) is 6.57 Å². The highest BCUT2D eigenvalue weighted by Crippen LogP contribution is 2.58. The van der Waals surface area contributed by atoms with Crippen LogP contribution in [0.5, 0.6) is 0 Å². The van der Waals surface area contributed by atoms with Gasteiger partial charge in [0.15, 0.2) is 0 Å². The number of piperidine rings is 1. The second kappa shape index (κ2) is 5.63. The Morgan fingerprint density at radius 2 is 1.89 bits per heavy atom. The number of benzene rings is 1. The third kappa shape index (κ3) is 2.79. The van der Waals surface area contributed by atoms with Crippen molar-refractivity contribution in [3.8, 4) is 0 Å². The fourth-order valence-corrected chi connectivity index (χ4v) is 6.58. The summed E-state index contributed by atoms with van der Waals surface area (Å²) in [5.41, 5.74) is 1.23. The van der Waals surface area contributed by atoms with Crippen LogP contribution in [0.1, 0.15) is 37.9 Å². The van der Waals surface area contributed by atoms with Crippen LogP contribution in [0.25, 0.3) is 0 Å². The maximum atomic E-state index is 6.33. The van der Waals surface area contributed by atoms with Crippen LogP contribution in [0.4, 0.5) is 0 Å². The molecule has 1 aromatic carbocycles. The van der Waals surface area contributed by atoms with E-state index in [1.807, 2.05) is 6.07 Å². The molecule has 0 aromatic heterocycles. The SMILES string of the molecule is C[C@H]1N[P@@](=S)(N2CCCCC2)O[C@@H]1c1ccccc1. The van der Waals surface area contributed by atoms with E-state index in [9.17, 15) is 0 Å². The minimum atomic E-state index is -2.01. The molecule has 5 heteroatoms. The van der Waals surface area contributed by atoms with E-state index >= 15 is 0 Å². The third-order valence-corrected chi connectivity index (χ3v) is 7.57. The van der Waals surface area contributed by atoms with Crippen molar-refractivity contribution in [1.29, 1.82) is 0 Å². The Morgan fingerprint density at radius 3 is 2.58 bits per heavy atom. The van der Waals surface area contributed by atoms with Crippen molar-refractivity contribution in [2.75, 3.05) is 13.1 Å². The van der Waals surface area contributed by atoms with Gasteiger partial charge in [-0.25, -0.2) is 9.76 Å². The summed E-state index contributed by atoms with van der Waals surface area (Å²) in [6.07, 6.45) is 3.90. The fourth-order valence-electron chi connectivity index (χ4n) is 2.88. The van der Waals surface area contributed by atoms with Crippen LogP contribution in [0.15, 0.2) is 30.3 Å². The third-order valence-electron chi connectivity index (χ3n) is 3.91. The summed E-state index contributed by atoms with van der Waals surface area (Å²) in [5.74, 6) is 0. The minimum absolute atomic E-state index is 0.0916. The second-order valence-electron chi connectivity index (χ2n) is 5.39. The summed E-state index contributed by atoms with van der Waals surface area (Å²) in [5, 5.41) is 3.58. The average molecular weight is 296 g/mol. The van der Waals surface area contributed by atoms with Crippen LogP contribution in [0, 0.1) is 0 Å². The molecule has 2 aliphatic rings. The number of hydrogen-bond acceptors (Lipinski definition) is 2. The van der Waals surface area contributed by atoms with E-state index in [-0.39, 0.29) is 12.1 Å². The molecule has 1 N–H and O–H groups in total. The van der Waals surface area contributed by atoms with Crippen LogP contribution in [0.3, 0.4) is 0 Å². The summed E-state index contributed by atoms with van der Waals surface area (Å²) in [6, 6.07) is 10.7. The Kier molecular flexibility index (Phi) is 4.06. The number of rotatable bonds is 2. The molecule has 1 aromatic rings. The lowest BCUT2D eigenvalue weighted by Crippen LogP contribution is -2.31. The maximum Gasteiger partial charge on any atom is 0.201 e. The van der Waals surface area contributed by atoms with Crippen molar-refractivity contribution in [3.05, 3.63) is 35.9 Å². The van der Waals surface area contributed by atoms with Gasteiger partial charge < -0.3 is 4.52 Å². The Balaban J connectivity index is 1.79. The first kappa shape index (κ1) is 13.7. The van der Waals surface area contributed by atoms with Crippen molar-refractivity contribution in [2.24, 2.45) is 0 Å². The molecule has 104 valence electrons. The lowest BCUT2D eigenvalue weighted by atomic mass is 10.0.